The summed E-state index contributed by atoms with van der Waals surface area (Å²) in [5.41, 5.74) is 1.85. The number of nitrogens with zero attached hydrogens (tertiary/aromatic N) is 5. The molecule has 1 N–H and O–H groups in total. The second-order valence-electron chi connectivity index (χ2n) is 6.98. The van der Waals surface area contributed by atoms with Crippen LogP contribution in [-0.4, -0.2) is 30.2 Å². The molecular weight excluding hydrogens is 328 g/mol. The van der Waals surface area contributed by atoms with Gasteiger partial charge in [0, 0.05) is 6.04 Å². The average molecular weight is 352 g/mol. The minimum absolute atomic E-state index is 0.0497. The van der Waals surface area contributed by atoms with Gasteiger partial charge in [-0.05, 0) is 31.9 Å². The molecular formula is C19H24N6O. The number of imidazole rings is 1. The maximum atomic E-state index is 12.7. The van der Waals surface area contributed by atoms with Gasteiger partial charge in [-0.3, -0.25) is 4.79 Å². The van der Waals surface area contributed by atoms with Crippen LogP contribution >= 0.6 is 0 Å². The molecule has 136 valence electrons. The number of carbonyl (C=O) groups is 1. The number of fused-ring (bicyclic) bond motifs is 1. The molecule has 1 saturated carbocycles. The zero-order valence-corrected chi connectivity index (χ0v) is 15.0. The van der Waals surface area contributed by atoms with E-state index >= 15 is 0 Å². The Morgan fingerprint density at radius 1 is 1.23 bits per heavy atom. The zero-order valence-electron chi connectivity index (χ0n) is 15.0. The van der Waals surface area contributed by atoms with Crippen molar-refractivity contribution in [3.05, 3.63) is 42.7 Å². The Hall–Kier alpha value is -2.70. The van der Waals surface area contributed by atoms with Crippen LogP contribution in [0, 0.1) is 0 Å². The molecule has 0 saturated heterocycles. The summed E-state index contributed by atoms with van der Waals surface area (Å²) in [5, 5.41) is 11.3. The molecule has 0 radical (unpaired) electrons. The highest BCUT2D eigenvalue weighted by molar-refractivity contribution is 5.83. The summed E-state index contributed by atoms with van der Waals surface area (Å²) >= 11 is 0. The van der Waals surface area contributed by atoms with E-state index in [1.165, 1.54) is 19.3 Å². The summed E-state index contributed by atoms with van der Waals surface area (Å²) in [5.74, 6) is 0.777. The Bertz CT molecular complexity index is 892. The van der Waals surface area contributed by atoms with E-state index in [1.54, 1.807) is 12.7 Å². The summed E-state index contributed by atoms with van der Waals surface area (Å²) in [7, 11) is 0. The Labute approximate surface area is 152 Å². The van der Waals surface area contributed by atoms with E-state index in [4.69, 9.17) is 0 Å². The molecule has 1 atom stereocenters. The van der Waals surface area contributed by atoms with Gasteiger partial charge in [0.15, 0.2) is 5.82 Å². The smallest absolute Gasteiger partial charge is 0.243 e. The van der Waals surface area contributed by atoms with E-state index in [0.29, 0.717) is 12.6 Å². The predicted octanol–water partition coefficient (Wildman–Crippen LogP) is 3.01. The first-order chi connectivity index (χ1) is 12.7. The SMILES string of the molecule is C[C@@H](C(=O)NCc1nncn1C1CCCCC1)n1cnc2ccccc21. The van der Waals surface area contributed by atoms with Crippen molar-refractivity contribution in [3.8, 4) is 0 Å². The van der Waals surface area contributed by atoms with Crippen molar-refractivity contribution in [2.75, 3.05) is 0 Å². The lowest BCUT2D eigenvalue weighted by Crippen LogP contribution is -2.31. The average Bonchev–Trinajstić information content (AvgIpc) is 3.33. The standard InChI is InChI=1S/C19H24N6O/c1-14(24-12-21-16-9-5-6-10-17(16)24)19(26)20-11-18-23-22-13-25(18)15-7-3-2-4-8-15/h5-6,9-10,12-15H,2-4,7-8,11H2,1H3,(H,20,26)/t14-/m0/s1. The van der Waals surface area contributed by atoms with Crippen LogP contribution in [0.25, 0.3) is 11.0 Å². The van der Waals surface area contributed by atoms with E-state index in [0.717, 1.165) is 29.7 Å². The number of amides is 1. The van der Waals surface area contributed by atoms with Crippen LogP contribution in [0.3, 0.4) is 0 Å². The van der Waals surface area contributed by atoms with Crippen LogP contribution in [0.2, 0.25) is 0 Å². The maximum absolute atomic E-state index is 12.7. The molecule has 0 bridgehead atoms. The highest BCUT2D eigenvalue weighted by Crippen LogP contribution is 2.28. The highest BCUT2D eigenvalue weighted by atomic mass is 16.2. The summed E-state index contributed by atoms with van der Waals surface area (Å²) < 4.78 is 4.03. The number of nitrogens with one attached hydrogen (secondary N) is 1. The number of para-hydroxylation sites is 2. The van der Waals surface area contributed by atoms with Gasteiger partial charge in [0.2, 0.25) is 5.91 Å². The minimum atomic E-state index is -0.339. The Morgan fingerprint density at radius 2 is 2.04 bits per heavy atom. The van der Waals surface area contributed by atoms with Crippen molar-refractivity contribution in [2.24, 2.45) is 0 Å². The molecule has 0 spiro atoms. The van der Waals surface area contributed by atoms with Crippen LogP contribution in [0.5, 0.6) is 0 Å². The predicted molar refractivity (Wildman–Crippen MR) is 98.4 cm³/mol. The molecule has 7 heteroatoms. The first-order valence-electron chi connectivity index (χ1n) is 9.31. The lowest BCUT2D eigenvalue weighted by Gasteiger charge is -2.24. The molecule has 2 aromatic heterocycles. The van der Waals surface area contributed by atoms with Crippen LogP contribution in [0.4, 0.5) is 0 Å². The zero-order chi connectivity index (χ0) is 17.9. The van der Waals surface area contributed by atoms with Crippen molar-refractivity contribution >= 4 is 16.9 Å². The Morgan fingerprint density at radius 3 is 2.88 bits per heavy atom. The van der Waals surface area contributed by atoms with Crippen molar-refractivity contribution in [1.29, 1.82) is 0 Å². The largest absolute Gasteiger partial charge is 0.347 e. The third kappa shape index (κ3) is 3.21. The quantitative estimate of drug-likeness (QED) is 0.766. The third-order valence-corrected chi connectivity index (χ3v) is 5.31. The van der Waals surface area contributed by atoms with Crippen LogP contribution in [0.1, 0.15) is 56.9 Å². The molecule has 3 aromatic rings. The van der Waals surface area contributed by atoms with Gasteiger partial charge in [0.05, 0.1) is 23.9 Å². The fourth-order valence-electron chi connectivity index (χ4n) is 3.78. The fourth-order valence-corrected chi connectivity index (χ4v) is 3.78. The van der Waals surface area contributed by atoms with Crippen LogP contribution < -0.4 is 5.32 Å². The summed E-state index contributed by atoms with van der Waals surface area (Å²) in [6, 6.07) is 7.95. The van der Waals surface area contributed by atoms with Crippen LogP contribution in [0.15, 0.2) is 36.9 Å². The first-order valence-corrected chi connectivity index (χ1v) is 9.31. The molecule has 26 heavy (non-hydrogen) atoms. The number of rotatable bonds is 5. The van der Waals surface area contributed by atoms with Crippen molar-refractivity contribution in [3.63, 3.8) is 0 Å². The van der Waals surface area contributed by atoms with Gasteiger partial charge in [-0.2, -0.15) is 0 Å². The molecule has 1 aliphatic carbocycles. The van der Waals surface area contributed by atoms with Gasteiger partial charge in [-0.1, -0.05) is 31.4 Å². The normalized spacial score (nSPS) is 16.7. The molecule has 2 heterocycles. The molecule has 7 nitrogen and oxygen atoms in total. The number of benzene rings is 1. The van der Waals surface area contributed by atoms with Gasteiger partial charge < -0.3 is 14.5 Å². The minimum Gasteiger partial charge on any atom is -0.347 e. The molecule has 1 aliphatic rings. The lowest BCUT2D eigenvalue weighted by molar-refractivity contribution is -0.124. The number of carbonyl (C=O) groups excluding carboxylic acids is 1. The summed E-state index contributed by atoms with van der Waals surface area (Å²) in [6.07, 6.45) is 9.65. The van der Waals surface area contributed by atoms with Gasteiger partial charge in [0.25, 0.3) is 0 Å². The molecule has 1 amide bonds. The van der Waals surface area contributed by atoms with Crippen LogP contribution in [-0.2, 0) is 11.3 Å². The van der Waals surface area contributed by atoms with Gasteiger partial charge in [-0.15, -0.1) is 10.2 Å². The van der Waals surface area contributed by atoms with E-state index in [-0.39, 0.29) is 11.9 Å². The van der Waals surface area contributed by atoms with E-state index in [2.05, 4.69) is 25.1 Å². The number of hydrogen-bond acceptors (Lipinski definition) is 4. The number of hydrogen-bond donors (Lipinski definition) is 1. The molecule has 0 unspecified atom stereocenters. The number of aromatic nitrogens is 5. The fraction of sp³-hybridized carbons (Fsp3) is 0.474. The second kappa shape index (κ2) is 7.27. The summed E-state index contributed by atoms with van der Waals surface area (Å²) in [6.45, 7) is 2.28. The Balaban J connectivity index is 1.43. The lowest BCUT2D eigenvalue weighted by atomic mass is 9.95. The van der Waals surface area contributed by atoms with Gasteiger partial charge in [0.1, 0.15) is 12.4 Å². The first kappa shape index (κ1) is 16.8. The highest BCUT2D eigenvalue weighted by Gasteiger charge is 2.21. The summed E-state index contributed by atoms with van der Waals surface area (Å²) in [4.78, 5) is 17.0. The van der Waals surface area contributed by atoms with Crippen molar-refractivity contribution in [1.82, 2.24) is 29.6 Å². The maximum Gasteiger partial charge on any atom is 0.243 e. The molecule has 0 aliphatic heterocycles. The molecule has 4 rings (SSSR count). The second-order valence-corrected chi connectivity index (χ2v) is 6.98. The van der Waals surface area contributed by atoms with Crippen molar-refractivity contribution < 1.29 is 4.79 Å². The van der Waals surface area contributed by atoms with Gasteiger partial charge in [-0.25, -0.2) is 4.98 Å². The van der Waals surface area contributed by atoms with Crippen molar-refractivity contribution in [2.45, 2.75) is 57.7 Å². The molecule has 1 aromatic carbocycles. The van der Waals surface area contributed by atoms with E-state index in [1.807, 2.05) is 35.8 Å². The van der Waals surface area contributed by atoms with E-state index in [9.17, 15) is 4.79 Å². The van der Waals surface area contributed by atoms with Gasteiger partial charge >= 0.3 is 0 Å². The monoisotopic (exact) mass is 352 g/mol. The topological polar surface area (TPSA) is 77.6 Å². The molecule has 1 fully saturated rings. The Kier molecular flexibility index (Phi) is 4.69. The van der Waals surface area contributed by atoms with E-state index < -0.39 is 0 Å². The third-order valence-electron chi connectivity index (χ3n) is 5.31.